The average Bonchev–Trinajstić information content (AvgIpc) is 2.91. The SMILES string of the molecule is C/C=C(\C)Cl.C=CN.O=C(Nc1ccc(Cl)c(-c2cc(F)ccn2)c1)c1ccc(N2CCOCS2=O)cc1. The zero-order valence-electron chi connectivity index (χ0n) is 21.0. The number of halogens is 3. The lowest BCUT2D eigenvalue weighted by molar-refractivity contribution is 0.102. The minimum Gasteiger partial charge on any atom is -0.405 e. The molecule has 4 rings (SSSR count). The number of anilines is 2. The summed E-state index contributed by atoms with van der Waals surface area (Å²) in [5.41, 5.74) is 7.21. The molecular formula is C27H29Cl2FN4O3S. The van der Waals surface area contributed by atoms with Crippen LogP contribution in [0.1, 0.15) is 24.2 Å². The highest BCUT2D eigenvalue weighted by atomic mass is 35.5. The lowest BCUT2D eigenvalue weighted by Crippen LogP contribution is -2.36. The van der Waals surface area contributed by atoms with E-state index in [1.807, 2.05) is 19.9 Å². The molecule has 0 radical (unpaired) electrons. The molecular weight excluding hydrogens is 550 g/mol. The molecule has 1 aliphatic rings. The molecule has 0 spiro atoms. The molecule has 11 heteroatoms. The Morgan fingerprint density at radius 3 is 2.47 bits per heavy atom. The minimum absolute atomic E-state index is 0.168. The van der Waals surface area contributed by atoms with Crippen molar-refractivity contribution in [1.29, 1.82) is 0 Å². The van der Waals surface area contributed by atoms with Gasteiger partial charge in [0, 0.05) is 39.8 Å². The van der Waals surface area contributed by atoms with Crippen molar-refractivity contribution in [2.75, 3.05) is 28.7 Å². The van der Waals surface area contributed by atoms with Crippen molar-refractivity contribution in [2.45, 2.75) is 13.8 Å². The number of allylic oxidation sites excluding steroid dienone is 2. The van der Waals surface area contributed by atoms with Crippen LogP contribution in [0.3, 0.4) is 0 Å². The molecule has 7 nitrogen and oxygen atoms in total. The molecule has 2 heterocycles. The van der Waals surface area contributed by atoms with Crippen molar-refractivity contribution in [1.82, 2.24) is 4.98 Å². The van der Waals surface area contributed by atoms with Crippen LogP contribution in [0.25, 0.3) is 11.3 Å². The summed E-state index contributed by atoms with van der Waals surface area (Å²) >= 11 is 11.5. The second-order valence-electron chi connectivity index (χ2n) is 7.62. The summed E-state index contributed by atoms with van der Waals surface area (Å²) in [7, 11) is -1.24. The Morgan fingerprint density at radius 2 is 1.89 bits per heavy atom. The van der Waals surface area contributed by atoms with Crippen LogP contribution < -0.4 is 15.4 Å². The largest absolute Gasteiger partial charge is 0.405 e. The molecule has 38 heavy (non-hydrogen) atoms. The normalized spacial score (nSPS) is 14.8. The molecule has 3 N–H and O–H groups in total. The van der Waals surface area contributed by atoms with E-state index in [0.29, 0.717) is 40.7 Å². The van der Waals surface area contributed by atoms with Crippen molar-refractivity contribution in [3.63, 3.8) is 0 Å². The van der Waals surface area contributed by atoms with Crippen molar-refractivity contribution >= 4 is 51.5 Å². The maximum atomic E-state index is 13.5. The number of carbonyl (C=O) groups is 1. The van der Waals surface area contributed by atoms with Crippen LogP contribution in [0.5, 0.6) is 0 Å². The number of pyridine rings is 1. The predicted molar refractivity (Wildman–Crippen MR) is 155 cm³/mol. The molecule has 1 amide bonds. The summed E-state index contributed by atoms with van der Waals surface area (Å²) in [6, 6.07) is 14.3. The van der Waals surface area contributed by atoms with Gasteiger partial charge in [0.2, 0.25) is 0 Å². The summed E-state index contributed by atoms with van der Waals surface area (Å²) < 4.78 is 32.5. The molecule has 0 saturated carbocycles. The number of nitrogens with two attached hydrogens (primary N) is 1. The molecule has 2 aromatic carbocycles. The van der Waals surface area contributed by atoms with E-state index >= 15 is 0 Å². The zero-order chi connectivity index (χ0) is 28.1. The van der Waals surface area contributed by atoms with Gasteiger partial charge in [0.1, 0.15) is 22.7 Å². The molecule has 0 aliphatic carbocycles. The first kappa shape index (κ1) is 31.0. The second-order valence-corrected chi connectivity index (χ2v) is 9.94. The Kier molecular flexibility index (Phi) is 12.9. The number of nitrogens with zero attached hydrogens (tertiary/aromatic N) is 2. The summed E-state index contributed by atoms with van der Waals surface area (Å²) in [4.78, 5) is 16.8. The van der Waals surface area contributed by atoms with Crippen LogP contribution in [-0.2, 0) is 15.7 Å². The third-order valence-electron chi connectivity index (χ3n) is 4.91. The van der Waals surface area contributed by atoms with Gasteiger partial charge in [-0.05, 0) is 68.6 Å². The van der Waals surface area contributed by atoms with Gasteiger partial charge < -0.3 is 15.8 Å². The molecule has 1 aliphatic heterocycles. The van der Waals surface area contributed by atoms with Gasteiger partial charge in [-0.25, -0.2) is 8.60 Å². The Hall–Kier alpha value is -3.24. The van der Waals surface area contributed by atoms with Gasteiger partial charge in [0.05, 0.1) is 23.9 Å². The van der Waals surface area contributed by atoms with Crippen LogP contribution in [0, 0.1) is 5.82 Å². The summed E-state index contributed by atoms with van der Waals surface area (Å²) in [6.45, 7) is 7.93. The first-order valence-electron chi connectivity index (χ1n) is 11.4. The van der Waals surface area contributed by atoms with Gasteiger partial charge in [-0.2, -0.15) is 0 Å². The van der Waals surface area contributed by atoms with E-state index in [1.165, 1.54) is 24.5 Å². The number of hydrogen-bond donors (Lipinski definition) is 2. The number of hydrogen-bond acceptors (Lipinski definition) is 5. The maximum absolute atomic E-state index is 13.5. The van der Waals surface area contributed by atoms with E-state index in [9.17, 15) is 13.4 Å². The second kappa shape index (κ2) is 15.9. The molecule has 0 bridgehead atoms. The molecule has 1 unspecified atom stereocenters. The molecule has 1 aromatic heterocycles. The molecule has 3 aromatic rings. The number of amides is 1. The van der Waals surface area contributed by atoms with Crippen molar-refractivity contribution in [2.24, 2.45) is 5.73 Å². The van der Waals surface area contributed by atoms with Crippen LogP contribution in [0.4, 0.5) is 15.8 Å². The lowest BCUT2D eigenvalue weighted by Gasteiger charge is -2.27. The first-order valence-corrected chi connectivity index (χ1v) is 13.4. The van der Waals surface area contributed by atoms with Gasteiger partial charge in [-0.15, -0.1) is 0 Å². The van der Waals surface area contributed by atoms with Crippen molar-refractivity contribution in [3.8, 4) is 11.3 Å². The third kappa shape index (κ3) is 9.57. The van der Waals surface area contributed by atoms with E-state index in [-0.39, 0.29) is 11.8 Å². The third-order valence-corrected chi connectivity index (χ3v) is 6.71. The fourth-order valence-electron chi connectivity index (χ4n) is 3.02. The lowest BCUT2D eigenvalue weighted by atomic mass is 10.1. The monoisotopic (exact) mass is 578 g/mol. The summed E-state index contributed by atoms with van der Waals surface area (Å²) in [5.74, 6) is -0.571. The Morgan fingerprint density at radius 1 is 1.24 bits per heavy atom. The highest BCUT2D eigenvalue weighted by Gasteiger charge is 2.19. The number of nitrogens with one attached hydrogen (secondary N) is 1. The summed E-state index contributed by atoms with van der Waals surface area (Å²) in [6.07, 6.45) is 4.46. The quantitative estimate of drug-likeness (QED) is 0.368. The number of rotatable bonds is 4. The topological polar surface area (TPSA) is 97.6 Å². The van der Waals surface area contributed by atoms with Gasteiger partial charge in [0.25, 0.3) is 5.91 Å². The van der Waals surface area contributed by atoms with Gasteiger partial charge in [-0.1, -0.05) is 35.9 Å². The molecule has 1 fully saturated rings. The average molecular weight is 580 g/mol. The van der Waals surface area contributed by atoms with Crippen LogP contribution in [-0.4, -0.2) is 34.2 Å². The van der Waals surface area contributed by atoms with E-state index < -0.39 is 16.8 Å². The van der Waals surface area contributed by atoms with E-state index in [2.05, 4.69) is 22.6 Å². The Labute approximate surface area is 234 Å². The number of ether oxygens (including phenoxy) is 1. The molecule has 1 saturated heterocycles. The van der Waals surface area contributed by atoms with E-state index in [1.54, 1.807) is 46.8 Å². The summed E-state index contributed by atoms with van der Waals surface area (Å²) in [5, 5.41) is 4.05. The molecule has 1 atom stereocenters. The number of benzene rings is 2. The van der Waals surface area contributed by atoms with Gasteiger partial charge >= 0.3 is 0 Å². The number of aromatic nitrogens is 1. The Bertz CT molecular complexity index is 1290. The van der Waals surface area contributed by atoms with Crippen molar-refractivity contribution in [3.05, 3.63) is 101 Å². The highest BCUT2D eigenvalue weighted by molar-refractivity contribution is 7.86. The fourth-order valence-corrected chi connectivity index (χ4v) is 4.26. The maximum Gasteiger partial charge on any atom is 0.255 e. The van der Waals surface area contributed by atoms with Crippen LogP contribution in [0.15, 0.2) is 84.7 Å². The minimum atomic E-state index is -1.24. The Balaban J connectivity index is 0.000000559. The fraction of sp³-hybridized carbons (Fsp3) is 0.185. The standard InChI is InChI=1S/C21H17ClFN3O3S.C4H7Cl.C2H5N/c22-19-6-3-16(12-18(19)20-11-15(23)7-8-24-20)25-21(27)14-1-4-17(5-2-14)26-9-10-29-13-30(26)28;1-3-4(2)5;1-2-3/h1-8,11-12H,9-10,13H2,(H,25,27);3H,1-2H3;2H,1,3H2/b;4-3+;. The van der Waals surface area contributed by atoms with Crippen molar-refractivity contribution < 1.29 is 18.1 Å². The van der Waals surface area contributed by atoms with E-state index in [0.717, 1.165) is 10.7 Å². The first-order chi connectivity index (χ1) is 18.2. The van der Waals surface area contributed by atoms with Crippen LogP contribution in [0.2, 0.25) is 5.02 Å². The smallest absolute Gasteiger partial charge is 0.255 e. The van der Waals surface area contributed by atoms with Crippen LogP contribution >= 0.6 is 23.2 Å². The van der Waals surface area contributed by atoms with E-state index in [4.69, 9.17) is 27.9 Å². The highest BCUT2D eigenvalue weighted by Crippen LogP contribution is 2.30. The number of carbonyl (C=O) groups excluding carboxylic acids is 1. The zero-order valence-corrected chi connectivity index (χ0v) is 23.3. The molecule has 202 valence electrons. The van der Waals surface area contributed by atoms with Gasteiger partial charge in [-0.3, -0.25) is 14.1 Å². The van der Waals surface area contributed by atoms with Gasteiger partial charge in [0.15, 0.2) is 0 Å². The predicted octanol–water partition coefficient (Wildman–Crippen LogP) is 6.49.